The van der Waals surface area contributed by atoms with Gasteiger partial charge in [0.25, 0.3) is 0 Å². The first-order valence-electron chi connectivity index (χ1n) is 5.19. The SMILES string of the molecule is CN(C)C=NC(=S)NC1CCCCC1. The highest BCUT2D eigenvalue weighted by Gasteiger charge is 2.13. The Morgan fingerprint density at radius 1 is 1.36 bits per heavy atom. The van der Waals surface area contributed by atoms with Gasteiger partial charge in [0.1, 0.15) is 0 Å². The molecule has 1 aliphatic carbocycles. The lowest BCUT2D eigenvalue weighted by Crippen LogP contribution is -2.34. The Morgan fingerprint density at radius 3 is 2.57 bits per heavy atom. The van der Waals surface area contributed by atoms with Gasteiger partial charge in [-0.2, -0.15) is 0 Å². The molecular formula is C10H19N3S. The molecule has 80 valence electrons. The maximum atomic E-state index is 5.12. The molecule has 0 aromatic rings. The van der Waals surface area contributed by atoms with Crippen LogP contribution in [-0.4, -0.2) is 36.5 Å². The number of hydrogen-bond acceptors (Lipinski definition) is 1. The van der Waals surface area contributed by atoms with Crippen molar-refractivity contribution in [2.24, 2.45) is 4.99 Å². The van der Waals surface area contributed by atoms with Crippen LogP contribution in [0.25, 0.3) is 0 Å². The molecule has 3 nitrogen and oxygen atoms in total. The quantitative estimate of drug-likeness (QED) is 0.430. The summed E-state index contributed by atoms with van der Waals surface area (Å²) in [7, 11) is 3.87. The van der Waals surface area contributed by atoms with Crippen molar-refractivity contribution in [3.8, 4) is 0 Å². The summed E-state index contributed by atoms with van der Waals surface area (Å²) in [6, 6.07) is 0.551. The number of nitrogens with one attached hydrogen (secondary N) is 1. The van der Waals surface area contributed by atoms with Gasteiger partial charge in [-0.3, -0.25) is 0 Å². The highest BCUT2D eigenvalue weighted by molar-refractivity contribution is 7.80. The molecule has 4 heteroatoms. The lowest BCUT2D eigenvalue weighted by molar-refractivity contribution is 0.414. The van der Waals surface area contributed by atoms with Crippen molar-refractivity contribution in [1.82, 2.24) is 10.2 Å². The predicted octanol–water partition coefficient (Wildman–Crippen LogP) is 1.78. The molecule has 0 spiro atoms. The van der Waals surface area contributed by atoms with E-state index in [1.165, 1.54) is 32.1 Å². The first-order chi connectivity index (χ1) is 6.68. The summed E-state index contributed by atoms with van der Waals surface area (Å²) in [6.07, 6.45) is 8.20. The maximum Gasteiger partial charge on any atom is 0.194 e. The third-order valence-corrected chi connectivity index (χ3v) is 2.56. The highest BCUT2D eigenvalue weighted by Crippen LogP contribution is 2.17. The minimum atomic E-state index is 0.551. The number of hydrogen-bond donors (Lipinski definition) is 1. The van der Waals surface area contributed by atoms with E-state index in [2.05, 4.69) is 10.3 Å². The van der Waals surface area contributed by atoms with E-state index in [0.717, 1.165) is 0 Å². The van der Waals surface area contributed by atoms with Crippen molar-refractivity contribution in [3.63, 3.8) is 0 Å². The van der Waals surface area contributed by atoms with Gasteiger partial charge in [0, 0.05) is 20.1 Å². The average Bonchev–Trinajstić information content (AvgIpc) is 2.16. The molecule has 0 atom stereocenters. The maximum absolute atomic E-state index is 5.12. The summed E-state index contributed by atoms with van der Waals surface area (Å²) >= 11 is 5.12. The molecule has 0 heterocycles. The lowest BCUT2D eigenvalue weighted by Gasteiger charge is -2.22. The van der Waals surface area contributed by atoms with E-state index >= 15 is 0 Å². The van der Waals surface area contributed by atoms with Crippen LogP contribution in [0.3, 0.4) is 0 Å². The van der Waals surface area contributed by atoms with Crippen LogP contribution in [-0.2, 0) is 0 Å². The first-order valence-corrected chi connectivity index (χ1v) is 5.60. The third kappa shape index (κ3) is 4.56. The van der Waals surface area contributed by atoms with Gasteiger partial charge in [0.05, 0.1) is 6.34 Å². The average molecular weight is 213 g/mol. The Kier molecular flexibility index (Phi) is 4.87. The summed E-state index contributed by atoms with van der Waals surface area (Å²) in [5, 5.41) is 3.90. The van der Waals surface area contributed by atoms with E-state index in [1.54, 1.807) is 6.34 Å². The summed E-state index contributed by atoms with van der Waals surface area (Å²) < 4.78 is 0. The smallest absolute Gasteiger partial charge is 0.194 e. The summed E-state index contributed by atoms with van der Waals surface area (Å²) in [5.74, 6) is 0. The zero-order valence-electron chi connectivity index (χ0n) is 8.99. The van der Waals surface area contributed by atoms with E-state index in [-0.39, 0.29) is 0 Å². The number of aliphatic imine (C=N–C) groups is 1. The van der Waals surface area contributed by atoms with Gasteiger partial charge < -0.3 is 10.2 Å². The second-order valence-electron chi connectivity index (χ2n) is 3.99. The van der Waals surface area contributed by atoms with Crippen molar-refractivity contribution < 1.29 is 0 Å². The molecule has 1 aliphatic rings. The van der Waals surface area contributed by atoms with E-state index in [0.29, 0.717) is 11.2 Å². The second-order valence-corrected chi connectivity index (χ2v) is 4.38. The molecule has 0 radical (unpaired) electrons. The normalized spacial score (nSPS) is 18.4. The van der Waals surface area contributed by atoms with Gasteiger partial charge in [-0.1, -0.05) is 19.3 Å². The second kappa shape index (κ2) is 5.96. The molecule has 1 rings (SSSR count). The van der Waals surface area contributed by atoms with Crippen molar-refractivity contribution in [2.75, 3.05) is 14.1 Å². The summed E-state index contributed by atoms with van der Waals surface area (Å²) in [4.78, 5) is 6.02. The third-order valence-electron chi connectivity index (χ3n) is 2.34. The van der Waals surface area contributed by atoms with E-state index in [1.807, 2.05) is 19.0 Å². The van der Waals surface area contributed by atoms with Crippen molar-refractivity contribution in [1.29, 1.82) is 0 Å². The Balaban J connectivity index is 2.25. The summed E-state index contributed by atoms with van der Waals surface area (Å²) in [5.41, 5.74) is 0. The van der Waals surface area contributed by atoms with Gasteiger partial charge in [-0.15, -0.1) is 0 Å². The van der Waals surface area contributed by atoms with Gasteiger partial charge in [0.15, 0.2) is 5.11 Å². The highest BCUT2D eigenvalue weighted by atomic mass is 32.1. The predicted molar refractivity (Wildman–Crippen MR) is 64.8 cm³/mol. The van der Waals surface area contributed by atoms with E-state index < -0.39 is 0 Å². The molecular weight excluding hydrogens is 194 g/mol. The van der Waals surface area contributed by atoms with Crippen LogP contribution in [0.4, 0.5) is 0 Å². The zero-order valence-corrected chi connectivity index (χ0v) is 9.81. The van der Waals surface area contributed by atoms with Crippen LogP contribution in [0, 0.1) is 0 Å². The molecule has 14 heavy (non-hydrogen) atoms. The van der Waals surface area contributed by atoms with Crippen LogP contribution in [0.2, 0.25) is 0 Å². The monoisotopic (exact) mass is 213 g/mol. The van der Waals surface area contributed by atoms with Crippen LogP contribution >= 0.6 is 12.2 Å². The molecule has 0 amide bonds. The Morgan fingerprint density at radius 2 is 2.00 bits per heavy atom. The fraction of sp³-hybridized carbons (Fsp3) is 0.800. The molecule has 1 saturated carbocycles. The van der Waals surface area contributed by atoms with E-state index in [9.17, 15) is 0 Å². The van der Waals surface area contributed by atoms with E-state index in [4.69, 9.17) is 12.2 Å². The first kappa shape index (κ1) is 11.4. The fourth-order valence-electron chi connectivity index (χ4n) is 1.63. The van der Waals surface area contributed by atoms with Crippen LogP contribution in [0.15, 0.2) is 4.99 Å². The minimum Gasteiger partial charge on any atom is -0.369 e. The van der Waals surface area contributed by atoms with Crippen LogP contribution in [0.5, 0.6) is 0 Å². The molecule has 1 N–H and O–H groups in total. The topological polar surface area (TPSA) is 27.6 Å². The van der Waals surface area contributed by atoms with Gasteiger partial charge >= 0.3 is 0 Å². The number of nitrogens with zero attached hydrogens (tertiary/aromatic N) is 2. The van der Waals surface area contributed by atoms with Gasteiger partial charge in [-0.05, 0) is 25.1 Å². The standard InChI is InChI=1S/C10H19N3S/c1-13(2)8-11-10(14)12-9-6-4-3-5-7-9/h8-9H,3-7H2,1-2H3,(H,12,14). The molecule has 0 aromatic heterocycles. The fourth-order valence-corrected chi connectivity index (χ4v) is 1.84. The number of rotatable bonds is 2. The van der Waals surface area contributed by atoms with Crippen molar-refractivity contribution in [2.45, 2.75) is 38.1 Å². The lowest BCUT2D eigenvalue weighted by atomic mass is 9.96. The zero-order chi connectivity index (χ0) is 10.4. The molecule has 1 fully saturated rings. The summed E-state index contributed by atoms with van der Waals surface area (Å²) in [6.45, 7) is 0. The van der Waals surface area contributed by atoms with Crippen LogP contribution in [0.1, 0.15) is 32.1 Å². The Labute approximate surface area is 91.6 Å². The molecule has 0 aromatic carbocycles. The van der Waals surface area contributed by atoms with Gasteiger partial charge in [-0.25, -0.2) is 4.99 Å². The molecule has 0 unspecified atom stereocenters. The minimum absolute atomic E-state index is 0.551. The Hall–Kier alpha value is -0.640. The Bertz CT molecular complexity index is 207. The number of thiocarbonyl (C=S) groups is 1. The molecule has 0 saturated heterocycles. The molecule has 0 bridgehead atoms. The van der Waals surface area contributed by atoms with Gasteiger partial charge in [0.2, 0.25) is 0 Å². The largest absolute Gasteiger partial charge is 0.369 e. The van der Waals surface area contributed by atoms with Crippen molar-refractivity contribution >= 4 is 23.7 Å². The molecule has 0 aliphatic heterocycles. The van der Waals surface area contributed by atoms with Crippen LogP contribution < -0.4 is 5.32 Å². The van der Waals surface area contributed by atoms with Crippen molar-refractivity contribution in [3.05, 3.63) is 0 Å².